The Morgan fingerprint density at radius 2 is 2.46 bits per heavy atom. The van der Waals surface area contributed by atoms with E-state index in [1.54, 1.807) is 18.9 Å². The normalized spacial score (nSPS) is 22.2. The second-order valence-electron chi connectivity index (χ2n) is 3.07. The highest BCUT2D eigenvalue weighted by molar-refractivity contribution is 5.88. The number of hydrogen-bond donors (Lipinski definition) is 1. The van der Waals surface area contributed by atoms with E-state index in [0.717, 1.165) is 0 Å². The number of rotatable bonds is 3. The second kappa shape index (κ2) is 4.23. The van der Waals surface area contributed by atoms with E-state index in [0.29, 0.717) is 13.2 Å². The molecule has 1 N–H and O–H groups in total. The van der Waals surface area contributed by atoms with Gasteiger partial charge in [0.2, 0.25) is 11.8 Å². The lowest BCUT2D eigenvalue weighted by Gasteiger charge is -2.09. The molecule has 1 heterocycles. The lowest BCUT2D eigenvalue weighted by molar-refractivity contribution is -0.137. The van der Waals surface area contributed by atoms with Crippen LogP contribution in [0.2, 0.25) is 0 Å². The van der Waals surface area contributed by atoms with Crippen LogP contribution in [0.25, 0.3) is 0 Å². The van der Waals surface area contributed by atoms with Crippen molar-refractivity contribution in [2.75, 3.05) is 20.2 Å². The molecule has 0 radical (unpaired) electrons. The van der Waals surface area contributed by atoms with Gasteiger partial charge in [0, 0.05) is 20.0 Å². The third-order valence-electron chi connectivity index (χ3n) is 2.03. The first kappa shape index (κ1) is 9.98. The maximum atomic E-state index is 11.3. The quantitative estimate of drug-likeness (QED) is 0.606. The molecule has 1 atom stereocenters. The molecule has 1 aliphatic rings. The molecule has 1 saturated heterocycles. The predicted molar refractivity (Wildman–Crippen MR) is 45.5 cm³/mol. The molecular weight excluding hydrogens is 172 g/mol. The fraction of sp³-hybridized carbons (Fsp3) is 0.750. The monoisotopic (exact) mass is 186 g/mol. The van der Waals surface area contributed by atoms with Crippen LogP contribution in [0.15, 0.2) is 0 Å². The van der Waals surface area contributed by atoms with Gasteiger partial charge in [-0.3, -0.25) is 14.4 Å². The Bertz CT molecular complexity index is 217. The number of nitrogens with zero attached hydrogens (tertiary/aromatic N) is 1. The molecule has 0 aromatic carbocycles. The van der Waals surface area contributed by atoms with Gasteiger partial charge in [-0.2, -0.15) is 0 Å². The minimum absolute atomic E-state index is 0.0108. The van der Waals surface area contributed by atoms with Crippen LogP contribution in [-0.2, 0) is 14.4 Å². The molecule has 1 aliphatic heterocycles. The molecule has 0 spiro atoms. The Hall–Kier alpha value is -1.10. The van der Waals surface area contributed by atoms with Crippen molar-refractivity contribution >= 4 is 11.8 Å². The topological polar surface area (TPSA) is 58.6 Å². The number of carbonyl (C=O) groups is 2. The zero-order valence-corrected chi connectivity index (χ0v) is 7.87. The van der Waals surface area contributed by atoms with Gasteiger partial charge in [-0.25, -0.2) is 5.48 Å². The van der Waals surface area contributed by atoms with Gasteiger partial charge >= 0.3 is 0 Å². The van der Waals surface area contributed by atoms with Gasteiger partial charge in [0.15, 0.2) is 0 Å². The Labute approximate surface area is 77.0 Å². The summed E-state index contributed by atoms with van der Waals surface area (Å²) in [4.78, 5) is 28.6. The highest BCUT2D eigenvalue weighted by Crippen LogP contribution is 2.15. The Morgan fingerprint density at radius 3 is 2.92 bits per heavy atom. The maximum absolute atomic E-state index is 11.3. The van der Waals surface area contributed by atoms with E-state index in [4.69, 9.17) is 4.84 Å². The molecule has 5 nitrogen and oxygen atoms in total. The molecule has 1 fully saturated rings. The molecule has 13 heavy (non-hydrogen) atoms. The first-order chi connectivity index (χ1) is 6.15. The molecule has 0 saturated carbocycles. The van der Waals surface area contributed by atoms with E-state index in [1.807, 2.05) is 0 Å². The Kier molecular flexibility index (Phi) is 3.25. The fourth-order valence-electron chi connectivity index (χ4n) is 1.27. The Morgan fingerprint density at radius 1 is 1.77 bits per heavy atom. The zero-order chi connectivity index (χ0) is 9.84. The van der Waals surface area contributed by atoms with Crippen LogP contribution < -0.4 is 5.48 Å². The van der Waals surface area contributed by atoms with Crippen LogP contribution in [0.3, 0.4) is 0 Å². The largest absolute Gasteiger partial charge is 0.345 e. The molecular formula is C8H14N2O3. The number of hydrogen-bond acceptors (Lipinski definition) is 3. The van der Waals surface area contributed by atoms with Crippen LogP contribution in [0, 0.1) is 5.92 Å². The smallest absolute Gasteiger partial charge is 0.248 e. The van der Waals surface area contributed by atoms with Gasteiger partial charge in [-0.05, 0) is 6.92 Å². The van der Waals surface area contributed by atoms with Gasteiger partial charge in [0.05, 0.1) is 12.5 Å². The molecule has 0 aliphatic carbocycles. The molecule has 0 bridgehead atoms. The van der Waals surface area contributed by atoms with Gasteiger partial charge in [-0.1, -0.05) is 0 Å². The predicted octanol–water partition coefficient (Wildman–Crippen LogP) is -0.468. The summed E-state index contributed by atoms with van der Waals surface area (Å²) < 4.78 is 0. The van der Waals surface area contributed by atoms with E-state index in [9.17, 15) is 9.59 Å². The third kappa shape index (κ3) is 2.42. The van der Waals surface area contributed by atoms with Crippen LogP contribution in [-0.4, -0.2) is 36.9 Å². The van der Waals surface area contributed by atoms with Gasteiger partial charge < -0.3 is 4.90 Å². The fourth-order valence-corrected chi connectivity index (χ4v) is 1.27. The highest BCUT2D eigenvalue weighted by atomic mass is 16.6. The molecule has 1 unspecified atom stereocenters. The Balaban J connectivity index is 2.37. The minimum Gasteiger partial charge on any atom is -0.345 e. The molecule has 2 amide bonds. The SMILES string of the molecule is CCONC(=O)C1CC(=O)N(C)C1. The van der Waals surface area contributed by atoms with Gasteiger partial charge in [0.25, 0.3) is 0 Å². The summed E-state index contributed by atoms with van der Waals surface area (Å²) >= 11 is 0. The average molecular weight is 186 g/mol. The summed E-state index contributed by atoms with van der Waals surface area (Å²) in [7, 11) is 1.69. The van der Waals surface area contributed by atoms with Crippen molar-refractivity contribution in [3.63, 3.8) is 0 Å². The van der Waals surface area contributed by atoms with Crippen LogP contribution in [0.4, 0.5) is 0 Å². The number of carbonyl (C=O) groups excluding carboxylic acids is 2. The number of amides is 2. The first-order valence-electron chi connectivity index (χ1n) is 4.30. The second-order valence-corrected chi connectivity index (χ2v) is 3.07. The summed E-state index contributed by atoms with van der Waals surface area (Å²) in [6, 6.07) is 0. The molecule has 0 aromatic rings. The van der Waals surface area contributed by atoms with Crippen LogP contribution >= 0.6 is 0 Å². The van der Waals surface area contributed by atoms with E-state index >= 15 is 0 Å². The highest BCUT2D eigenvalue weighted by Gasteiger charge is 2.32. The van der Waals surface area contributed by atoms with Crippen molar-refractivity contribution in [2.24, 2.45) is 5.92 Å². The van der Waals surface area contributed by atoms with Crippen LogP contribution in [0.1, 0.15) is 13.3 Å². The summed E-state index contributed by atoms with van der Waals surface area (Å²) in [5.41, 5.74) is 2.30. The number of likely N-dealkylation sites (tertiary alicyclic amines) is 1. The summed E-state index contributed by atoms with van der Waals surface area (Å²) in [5, 5.41) is 0. The van der Waals surface area contributed by atoms with Crippen molar-refractivity contribution in [1.29, 1.82) is 0 Å². The number of nitrogens with one attached hydrogen (secondary N) is 1. The molecule has 0 aromatic heterocycles. The van der Waals surface area contributed by atoms with Crippen molar-refractivity contribution in [3.05, 3.63) is 0 Å². The third-order valence-corrected chi connectivity index (χ3v) is 2.03. The lowest BCUT2D eigenvalue weighted by atomic mass is 10.1. The average Bonchev–Trinajstić information content (AvgIpc) is 2.43. The standard InChI is InChI=1S/C8H14N2O3/c1-3-13-9-8(12)6-4-7(11)10(2)5-6/h6H,3-5H2,1-2H3,(H,9,12). The lowest BCUT2D eigenvalue weighted by Crippen LogP contribution is -2.32. The molecule has 74 valence electrons. The zero-order valence-electron chi connectivity index (χ0n) is 7.87. The molecule has 1 rings (SSSR count). The maximum Gasteiger partial charge on any atom is 0.248 e. The van der Waals surface area contributed by atoms with Gasteiger partial charge in [0.1, 0.15) is 0 Å². The van der Waals surface area contributed by atoms with E-state index in [1.165, 1.54) is 0 Å². The molecule has 5 heteroatoms. The van der Waals surface area contributed by atoms with Crippen LogP contribution in [0.5, 0.6) is 0 Å². The summed E-state index contributed by atoms with van der Waals surface area (Å²) in [5.74, 6) is -0.458. The van der Waals surface area contributed by atoms with Crippen molar-refractivity contribution in [2.45, 2.75) is 13.3 Å². The van der Waals surface area contributed by atoms with E-state index in [2.05, 4.69) is 5.48 Å². The van der Waals surface area contributed by atoms with Crippen molar-refractivity contribution in [3.8, 4) is 0 Å². The van der Waals surface area contributed by atoms with E-state index in [-0.39, 0.29) is 24.2 Å². The number of hydroxylamine groups is 1. The minimum atomic E-state index is -0.260. The summed E-state index contributed by atoms with van der Waals surface area (Å²) in [6.45, 7) is 2.70. The van der Waals surface area contributed by atoms with E-state index < -0.39 is 0 Å². The van der Waals surface area contributed by atoms with Crippen molar-refractivity contribution < 1.29 is 14.4 Å². The van der Waals surface area contributed by atoms with Crippen molar-refractivity contribution in [1.82, 2.24) is 10.4 Å². The first-order valence-corrected chi connectivity index (χ1v) is 4.30. The van der Waals surface area contributed by atoms with Gasteiger partial charge in [-0.15, -0.1) is 0 Å². The summed E-state index contributed by atoms with van der Waals surface area (Å²) in [6.07, 6.45) is 0.287.